The van der Waals surface area contributed by atoms with E-state index in [1.54, 1.807) is 54.6 Å². The summed E-state index contributed by atoms with van der Waals surface area (Å²) in [7, 11) is 0. The third-order valence-corrected chi connectivity index (χ3v) is 3.27. The van der Waals surface area contributed by atoms with Crippen molar-refractivity contribution in [1.82, 2.24) is 0 Å². The van der Waals surface area contributed by atoms with E-state index in [2.05, 4.69) is 0 Å². The first kappa shape index (κ1) is 15.2. The first-order chi connectivity index (χ1) is 11.0. The minimum atomic E-state index is -4.54. The first-order valence-corrected chi connectivity index (χ1v) is 6.97. The molecule has 0 aliphatic rings. The van der Waals surface area contributed by atoms with E-state index in [0.29, 0.717) is 5.56 Å². The smallest absolute Gasteiger partial charge is 0.423 e. The number of hydrogen-bond acceptors (Lipinski definition) is 2. The first-order valence-electron chi connectivity index (χ1n) is 6.97. The molecule has 0 saturated heterocycles. The highest BCUT2D eigenvalue weighted by atomic mass is 19.4. The second kappa shape index (κ2) is 6.20. The van der Waals surface area contributed by atoms with E-state index in [4.69, 9.17) is 9.15 Å². The summed E-state index contributed by atoms with van der Waals surface area (Å²) >= 11 is 0. The largest absolute Gasteiger partial charge is 0.460 e. The van der Waals surface area contributed by atoms with Crippen molar-refractivity contribution in [1.29, 1.82) is 0 Å². The van der Waals surface area contributed by atoms with Gasteiger partial charge in [0.25, 0.3) is 5.95 Å². The molecule has 23 heavy (non-hydrogen) atoms. The number of benzene rings is 2. The maximum Gasteiger partial charge on any atom is 0.423 e. The van der Waals surface area contributed by atoms with Gasteiger partial charge in [0.05, 0.1) is 0 Å². The van der Waals surface area contributed by atoms with E-state index in [1.165, 1.54) is 0 Å². The lowest BCUT2D eigenvalue weighted by Crippen LogP contribution is -2.06. The summed E-state index contributed by atoms with van der Waals surface area (Å²) < 4.78 is 50.1. The third kappa shape index (κ3) is 3.56. The van der Waals surface area contributed by atoms with Gasteiger partial charge in [-0.25, -0.2) is 0 Å². The van der Waals surface area contributed by atoms with Crippen LogP contribution in [0.4, 0.5) is 13.2 Å². The fourth-order valence-electron chi connectivity index (χ4n) is 2.15. The van der Waals surface area contributed by atoms with Gasteiger partial charge < -0.3 is 9.15 Å². The topological polar surface area (TPSA) is 22.4 Å². The normalized spacial score (nSPS) is 11.4. The number of furan rings is 1. The van der Waals surface area contributed by atoms with Crippen molar-refractivity contribution < 1.29 is 22.3 Å². The van der Waals surface area contributed by atoms with Crippen LogP contribution < -0.4 is 4.74 Å². The maximum atomic E-state index is 13.2. The van der Waals surface area contributed by atoms with Crippen molar-refractivity contribution in [3.63, 3.8) is 0 Å². The molecule has 0 atom stereocenters. The zero-order chi connectivity index (χ0) is 16.3. The summed E-state index contributed by atoms with van der Waals surface area (Å²) in [5, 5.41) is 0. The van der Waals surface area contributed by atoms with Crippen molar-refractivity contribution in [3.05, 3.63) is 77.9 Å². The van der Waals surface area contributed by atoms with Crippen LogP contribution in [0.1, 0.15) is 11.1 Å². The molecule has 0 aliphatic carbocycles. The zero-order valence-corrected chi connectivity index (χ0v) is 12.0. The molecule has 1 aromatic heterocycles. The molecular weight excluding hydrogens is 305 g/mol. The summed E-state index contributed by atoms with van der Waals surface area (Å²) in [6.45, 7) is 0.00562. The zero-order valence-electron chi connectivity index (χ0n) is 12.0. The average molecular weight is 318 g/mol. The van der Waals surface area contributed by atoms with Crippen LogP contribution in [-0.2, 0) is 12.8 Å². The van der Waals surface area contributed by atoms with Gasteiger partial charge in [0.15, 0.2) is 0 Å². The molecule has 0 saturated carbocycles. The summed E-state index contributed by atoms with van der Waals surface area (Å²) in [6.07, 6.45) is -4.54. The highest BCUT2D eigenvalue weighted by molar-refractivity contribution is 5.59. The van der Waals surface area contributed by atoms with Crippen LogP contribution in [0.5, 0.6) is 5.95 Å². The van der Waals surface area contributed by atoms with Crippen LogP contribution >= 0.6 is 0 Å². The van der Waals surface area contributed by atoms with Crippen LogP contribution in [0.15, 0.2) is 71.1 Å². The van der Waals surface area contributed by atoms with E-state index in [9.17, 15) is 13.2 Å². The highest BCUT2D eigenvalue weighted by Crippen LogP contribution is 2.41. The molecule has 2 nitrogen and oxygen atoms in total. The molecule has 0 bridgehead atoms. The third-order valence-electron chi connectivity index (χ3n) is 3.27. The fourth-order valence-corrected chi connectivity index (χ4v) is 2.15. The van der Waals surface area contributed by atoms with Gasteiger partial charge >= 0.3 is 6.18 Å². The molecule has 0 unspecified atom stereocenters. The number of halogens is 3. The van der Waals surface area contributed by atoms with Gasteiger partial charge in [-0.3, -0.25) is 0 Å². The van der Waals surface area contributed by atoms with E-state index in [-0.39, 0.29) is 12.4 Å². The summed E-state index contributed by atoms with van der Waals surface area (Å²) in [5.74, 6) is -0.388. The number of ether oxygens (including phenoxy) is 1. The monoisotopic (exact) mass is 318 g/mol. The molecule has 0 aliphatic heterocycles. The minimum absolute atomic E-state index is 0.00562. The molecule has 3 rings (SSSR count). The Kier molecular flexibility index (Phi) is 4.10. The van der Waals surface area contributed by atoms with Gasteiger partial charge in [-0.05, 0) is 5.56 Å². The van der Waals surface area contributed by atoms with E-state index in [1.807, 2.05) is 6.07 Å². The molecule has 0 fully saturated rings. The molecule has 1 heterocycles. The molecule has 118 valence electrons. The minimum Gasteiger partial charge on any atom is -0.460 e. The van der Waals surface area contributed by atoms with Gasteiger partial charge in [-0.15, -0.1) is 0 Å². The Morgan fingerprint density at radius 3 is 2.09 bits per heavy atom. The van der Waals surface area contributed by atoms with Gasteiger partial charge in [0.1, 0.15) is 17.9 Å². The van der Waals surface area contributed by atoms with E-state index >= 15 is 0 Å². The highest BCUT2D eigenvalue weighted by Gasteiger charge is 2.38. The Morgan fingerprint density at radius 1 is 0.870 bits per heavy atom. The predicted molar refractivity (Wildman–Crippen MR) is 79.9 cm³/mol. The number of alkyl halides is 3. The van der Waals surface area contributed by atoms with Gasteiger partial charge in [0, 0.05) is 11.6 Å². The molecule has 0 radical (unpaired) electrons. The lowest BCUT2D eigenvalue weighted by molar-refractivity contribution is -0.139. The SMILES string of the molecule is FC(F)(F)c1cc(-c2ccccc2)oc1OCc1ccccc1. The summed E-state index contributed by atoms with van der Waals surface area (Å²) in [5.41, 5.74) is 0.415. The lowest BCUT2D eigenvalue weighted by Gasteiger charge is -2.07. The summed E-state index contributed by atoms with van der Waals surface area (Å²) in [4.78, 5) is 0. The molecular formula is C18H13F3O2. The quantitative estimate of drug-likeness (QED) is 0.630. The van der Waals surface area contributed by atoms with Crippen molar-refractivity contribution in [2.24, 2.45) is 0 Å². The Labute approximate surface area is 131 Å². The van der Waals surface area contributed by atoms with Crippen molar-refractivity contribution >= 4 is 0 Å². The molecule has 3 aromatic rings. The number of hydrogen-bond donors (Lipinski definition) is 0. The van der Waals surface area contributed by atoms with Crippen LogP contribution in [-0.4, -0.2) is 0 Å². The molecule has 0 spiro atoms. The molecule has 2 aromatic carbocycles. The van der Waals surface area contributed by atoms with Crippen LogP contribution in [0.2, 0.25) is 0 Å². The van der Waals surface area contributed by atoms with Gasteiger partial charge in [-0.2, -0.15) is 13.2 Å². The second-order valence-corrected chi connectivity index (χ2v) is 4.95. The Hall–Kier alpha value is -2.69. The van der Waals surface area contributed by atoms with Crippen LogP contribution in [0.25, 0.3) is 11.3 Å². The molecule has 5 heteroatoms. The van der Waals surface area contributed by atoms with E-state index in [0.717, 1.165) is 11.6 Å². The molecule has 0 N–H and O–H groups in total. The van der Waals surface area contributed by atoms with Gasteiger partial charge in [-0.1, -0.05) is 60.7 Å². The standard InChI is InChI=1S/C18H13F3O2/c19-18(20,21)15-11-16(14-9-5-2-6-10-14)23-17(15)22-12-13-7-3-1-4-8-13/h1-11H,12H2. The Balaban J connectivity index is 1.90. The second-order valence-electron chi connectivity index (χ2n) is 4.95. The van der Waals surface area contributed by atoms with Crippen molar-refractivity contribution in [2.45, 2.75) is 12.8 Å². The Bertz CT molecular complexity index is 762. The van der Waals surface area contributed by atoms with Crippen molar-refractivity contribution in [3.8, 4) is 17.3 Å². The molecule has 0 amide bonds. The fraction of sp³-hybridized carbons (Fsp3) is 0.111. The van der Waals surface area contributed by atoms with Gasteiger partial charge in [0.2, 0.25) is 0 Å². The van der Waals surface area contributed by atoms with Crippen molar-refractivity contribution in [2.75, 3.05) is 0 Å². The van der Waals surface area contributed by atoms with E-state index < -0.39 is 17.7 Å². The average Bonchev–Trinajstić information content (AvgIpc) is 2.99. The lowest BCUT2D eigenvalue weighted by atomic mass is 10.1. The summed E-state index contributed by atoms with van der Waals surface area (Å²) in [6, 6.07) is 18.5. The van der Waals surface area contributed by atoms with Crippen LogP contribution in [0.3, 0.4) is 0 Å². The number of rotatable bonds is 4. The predicted octanol–water partition coefficient (Wildman–Crippen LogP) is 5.54. The van der Waals surface area contributed by atoms with Crippen LogP contribution in [0, 0.1) is 0 Å². The maximum absolute atomic E-state index is 13.2. The Morgan fingerprint density at radius 2 is 1.48 bits per heavy atom.